The smallest absolute Gasteiger partial charge is 0.262 e. The van der Waals surface area contributed by atoms with Gasteiger partial charge in [0.05, 0.1) is 17.0 Å². The Kier molecular flexibility index (Phi) is 3.32. The van der Waals surface area contributed by atoms with Crippen molar-refractivity contribution in [3.63, 3.8) is 0 Å². The van der Waals surface area contributed by atoms with Crippen molar-refractivity contribution in [2.24, 2.45) is 5.41 Å². The molecule has 1 unspecified atom stereocenters. The van der Waals surface area contributed by atoms with Crippen molar-refractivity contribution in [1.82, 2.24) is 9.69 Å². The molecule has 1 aromatic carbocycles. The molecule has 2 aliphatic rings. The highest BCUT2D eigenvalue weighted by Crippen LogP contribution is 2.75. The molecule has 2 heterocycles. The number of piperidine rings is 1. The molecule has 1 atom stereocenters. The predicted molar refractivity (Wildman–Crippen MR) is 84.5 cm³/mol. The maximum Gasteiger partial charge on any atom is 0.262 e. The van der Waals surface area contributed by atoms with Crippen LogP contribution in [-0.2, 0) is 0 Å². The molecule has 1 aromatic heterocycles. The second kappa shape index (κ2) is 5.05. The molecule has 6 heteroatoms. The zero-order valence-electron chi connectivity index (χ0n) is 12.7. The Labute approximate surface area is 136 Å². The first-order valence-corrected chi connectivity index (χ1v) is 8.55. The number of alkyl halides is 2. The van der Waals surface area contributed by atoms with Crippen LogP contribution in [0.3, 0.4) is 0 Å². The second-order valence-electron chi connectivity index (χ2n) is 6.54. The van der Waals surface area contributed by atoms with Gasteiger partial charge in [-0.05, 0) is 74.2 Å². The molecule has 23 heavy (non-hydrogen) atoms. The number of benzene rings is 1. The monoisotopic (exact) mass is 338 g/mol. The van der Waals surface area contributed by atoms with Crippen LogP contribution >= 0.6 is 11.5 Å². The van der Waals surface area contributed by atoms with E-state index in [1.165, 1.54) is 12.1 Å². The molecule has 1 saturated heterocycles. The van der Waals surface area contributed by atoms with E-state index in [2.05, 4.69) is 9.69 Å². The van der Waals surface area contributed by atoms with Gasteiger partial charge in [0.15, 0.2) is 0 Å². The average Bonchev–Trinajstić information content (AvgIpc) is 2.84. The Balaban J connectivity index is 1.66. The maximum absolute atomic E-state index is 14.5. The molecule has 2 aromatic rings. The summed E-state index contributed by atoms with van der Waals surface area (Å²) in [6.07, 6.45) is 1.01. The van der Waals surface area contributed by atoms with Crippen molar-refractivity contribution in [3.8, 4) is 11.3 Å². The third-order valence-corrected chi connectivity index (χ3v) is 6.12. The lowest BCUT2D eigenvalue weighted by Gasteiger charge is -2.22. The van der Waals surface area contributed by atoms with Crippen LogP contribution in [0.4, 0.5) is 13.2 Å². The van der Waals surface area contributed by atoms with Crippen LogP contribution < -0.4 is 5.32 Å². The topological polar surface area (TPSA) is 24.9 Å². The maximum atomic E-state index is 14.5. The number of nitrogens with one attached hydrogen (secondary N) is 1. The first kappa shape index (κ1) is 15.1. The standard InChI is InChI=1S/C17H17F3N2S/c1-10-8-11(18)2-3-12(10)13-9-14(23-22-13)15-16(17(15,19)20)4-6-21-7-5-16/h2-3,8-9,15,21H,4-7H2,1H3. The molecular weight excluding hydrogens is 321 g/mol. The molecule has 1 N–H and O–H groups in total. The number of nitrogens with zero attached hydrogens (tertiary/aromatic N) is 1. The number of aromatic nitrogens is 1. The largest absolute Gasteiger partial charge is 0.317 e. The third kappa shape index (κ3) is 2.15. The summed E-state index contributed by atoms with van der Waals surface area (Å²) in [6, 6.07) is 6.24. The molecule has 1 saturated carbocycles. The molecule has 0 amide bonds. The summed E-state index contributed by atoms with van der Waals surface area (Å²) in [5.74, 6) is -3.66. The quantitative estimate of drug-likeness (QED) is 0.880. The zero-order chi connectivity index (χ0) is 16.2. The van der Waals surface area contributed by atoms with E-state index in [1.54, 1.807) is 19.1 Å². The predicted octanol–water partition coefficient (Wildman–Crippen LogP) is 4.36. The summed E-state index contributed by atoms with van der Waals surface area (Å²) < 4.78 is 46.5. The summed E-state index contributed by atoms with van der Waals surface area (Å²) in [4.78, 5) is 0.649. The molecular formula is C17H17F3N2S. The minimum Gasteiger partial charge on any atom is -0.317 e. The van der Waals surface area contributed by atoms with Crippen LogP contribution in [0, 0.1) is 18.2 Å². The van der Waals surface area contributed by atoms with Gasteiger partial charge < -0.3 is 5.32 Å². The highest BCUT2D eigenvalue weighted by molar-refractivity contribution is 7.06. The average molecular weight is 338 g/mol. The highest BCUT2D eigenvalue weighted by Gasteiger charge is 2.80. The van der Waals surface area contributed by atoms with Crippen molar-refractivity contribution in [2.45, 2.75) is 31.6 Å². The third-order valence-electron chi connectivity index (χ3n) is 5.27. The van der Waals surface area contributed by atoms with Crippen LogP contribution in [0.25, 0.3) is 11.3 Å². The van der Waals surface area contributed by atoms with Gasteiger partial charge in [0.25, 0.3) is 5.92 Å². The van der Waals surface area contributed by atoms with E-state index in [-0.39, 0.29) is 5.82 Å². The first-order chi connectivity index (χ1) is 11.0. The van der Waals surface area contributed by atoms with Crippen LogP contribution in [0.2, 0.25) is 0 Å². The van der Waals surface area contributed by atoms with Crippen LogP contribution in [0.5, 0.6) is 0 Å². The van der Waals surface area contributed by atoms with Gasteiger partial charge >= 0.3 is 0 Å². The molecule has 122 valence electrons. The SMILES string of the molecule is Cc1cc(F)ccc1-c1cc(C2C(F)(F)C23CCNCC3)sn1. The Morgan fingerprint density at radius 2 is 1.96 bits per heavy atom. The van der Waals surface area contributed by atoms with Gasteiger partial charge in [-0.1, -0.05) is 0 Å². The number of hydrogen-bond acceptors (Lipinski definition) is 3. The molecule has 2 nitrogen and oxygen atoms in total. The molecule has 0 radical (unpaired) electrons. The fourth-order valence-electron chi connectivity index (χ4n) is 3.92. The van der Waals surface area contributed by atoms with Crippen molar-refractivity contribution in [2.75, 3.05) is 13.1 Å². The van der Waals surface area contributed by atoms with E-state index in [0.717, 1.165) is 22.7 Å². The van der Waals surface area contributed by atoms with Gasteiger partial charge in [-0.2, -0.15) is 4.37 Å². The molecule has 1 spiro atoms. The molecule has 2 fully saturated rings. The Hall–Kier alpha value is -1.40. The Bertz CT molecular complexity index is 750. The van der Waals surface area contributed by atoms with Crippen LogP contribution in [-0.4, -0.2) is 23.4 Å². The van der Waals surface area contributed by atoms with Gasteiger partial charge in [0.2, 0.25) is 0 Å². The number of aryl methyl sites for hydroxylation is 1. The van der Waals surface area contributed by atoms with Crippen molar-refractivity contribution in [3.05, 3.63) is 40.5 Å². The van der Waals surface area contributed by atoms with Crippen molar-refractivity contribution >= 4 is 11.5 Å². The van der Waals surface area contributed by atoms with Gasteiger partial charge in [0.1, 0.15) is 5.82 Å². The van der Waals surface area contributed by atoms with Crippen molar-refractivity contribution < 1.29 is 13.2 Å². The van der Waals surface area contributed by atoms with Crippen LogP contribution in [0.1, 0.15) is 29.2 Å². The summed E-state index contributed by atoms with van der Waals surface area (Å²) in [5, 5.41) is 3.15. The summed E-state index contributed by atoms with van der Waals surface area (Å²) >= 11 is 1.15. The number of halogens is 3. The fourth-order valence-corrected chi connectivity index (χ4v) is 4.92. The van der Waals surface area contributed by atoms with Crippen LogP contribution in [0.15, 0.2) is 24.3 Å². The Morgan fingerprint density at radius 3 is 2.65 bits per heavy atom. The number of hydrogen-bond donors (Lipinski definition) is 1. The molecule has 1 aliphatic carbocycles. The summed E-state index contributed by atoms with van der Waals surface area (Å²) in [7, 11) is 0. The molecule has 1 aliphatic heterocycles. The van der Waals surface area contributed by atoms with Gasteiger partial charge in [0, 0.05) is 10.4 Å². The van der Waals surface area contributed by atoms with E-state index in [0.29, 0.717) is 36.5 Å². The number of rotatable bonds is 2. The second-order valence-corrected chi connectivity index (χ2v) is 7.37. The minimum absolute atomic E-state index is 0.302. The van der Waals surface area contributed by atoms with E-state index in [4.69, 9.17) is 0 Å². The molecule has 0 bridgehead atoms. The Morgan fingerprint density at radius 1 is 1.22 bits per heavy atom. The lowest BCUT2D eigenvalue weighted by atomic mass is 9.91. The van der Waals surface area contributed by atoms with E-state index in [1.807, 2.05) is 0 Å². The minimum atomic E-state index is -2.64. The van der Waals surface area contributed by atoms with E-state index in [9.17, 15) is 13.2 Å². The highest BCUT2D eigenvalue weighted by atomic mass is 32.1. The van der Waals surface area contributed by atoms with Crippen molar-refractivity contribution in [1.29, 1.82) is 0 Å². The van der Waals surface area contributed by atoms with Gasteiger partial charge in [-0.15, -0.1) is 0 Å². The van der Waals surface area contributed by atoms with Gasteiger partial charge in [-0.3, -0.25) is 0 Å². The summed E-state index contributed by atoms with van der Waals surface area (Å²) in [5.41, 5.74) is 1.34. The molecule has 4 rings (SSSR count). The van der Waals surface area contributed by atoms with Gasteiger partial charge in [-0.25, -0.2) is 13.2 Å². The summed E-state index contributed by atoms with van der Waals surface area (Å²) in [6.45, 7) is 3.10. The first-order valence-electron chi connectivity index (χ1n) is 7.77. The lowest BCUT2D eigenvalue weighted by molar-refractivity contribution is 0.0494. The van der Waals surface area contributed by atoms with E-state index < -0.39 is 17.3 Å². The lowest BCUT2D eigenvalue weighted by Crippen LogP contribution is -2.32. The van der Waals surface area contributed by atoms with E-state index >= 15 is 0 Å². The normalized spacial score (nSPS) is 24.8. The fraction of sp³-hybridized carbons (Fsp3) is 0.471. The zero-order valence-corrected chi connectivity index (χ0v) is 13.5.